The maximum absolute atomic E-state index is 11.9. The largest absolute Gasteiger partial charge is 0.478 e. The Morgan fingerprint density at radius 2 is 2.26 bits per heavy atom. The predicted molar refractivity (Wildman–Crippen MR) is 75.3 cm³/mol. The van der Waals surface area contributed by atoms with Crippen molar-refractivity contribution in [3.8, 4) is 0 Å². The zero-order valence-corrected chi connectivity index (χ0v) is 11.9. The van der Waals surface area contributed by atoms with E-state index in [1.54, 1.807) is 6.07 Å². The third-order valence-electron chi connectivity index (χ3n) is 3.13. The third-order valence-corrected chi connectivity index (χ3v) is 3.78. The molecule has 1 aromatic rings. The number of benzene rings is 1. The van der Waals surface area contributed by atoms with E-state index in [2.05, 4.69) is 26.6 Å². The average Bonchev–Trinajstić information content (AvgIpc) is 2.84. The van der Waals surface area contributed by atoms with Crippen LogP contribution in [-0.4, -0.2) is 30.1 Å². The van der Waals surface area contributed by atoms with E-state index < -0.39 is 5.97 Å². The number of carbonyl (C=O) groups is 2. The normalized spacial score (nSPS) is 18.3. The molecule has 1 atom stereocenters. The van der Waals surface area contributed by atoms with E-state index in [0.29, 0.717) is 22.5 Å². The highest BCUT2D eigenvalue weighted by Gasteiger charge is 2.18. The Morgan fingerprint density at radius 3 is 2.84 bits per heavy atom. The van der Waals surface area contributed by atoms with Gasteiger partial charge in [0.15, 0.2) is 0 Å². The lowest BCUT2D eigenvalue weighted by Gasteiger charge is -2.10. The first-order valence-corrected chi connectivity index (χ1v) is 6.89. The number of hydrogen-bond acceptors (Lipinski definition) is 3. The first kappa shape index (κ1) is 14.0. The van der Waals surface area contributed by atoms with Gasteiger partial charge in [0.1, 0.15) is 0 Å². The molecule has 2 rings (SSSR count). The van der Waals surface area contributed by atoms with E-state index >= 15 is 0 Å². The molecule has 0 aliphatic carbocycles. The molecule has 0 spiro atoms. The fourth-order valence-corrected chi connectivity index (χ4v) is 2.58. The summed E-state index contributed by atoms with van der Waals surface area (Å²) in [6, 6.07) is 4.55. The molecule has 0 radical (unpaired) electrons. The standard InChI is InChI=1S/C13H15BrN2O3/c14-10-6-9(13(18)19)1-2-11(10)16-12(17)5-8-3-4-15-7-8/h1-2,6,8,15H,3-5,7H2,(H,16,17)(H,18,19). The molecule has 0 saturated carbocycles. The van der Waals surface area contributed by atoms with E-state index in [4.69, 9.17) is 5.11 Å². The van der Waals surface area contributed by atoms with Gasteiger partial charge >= 0.3 is 5.97 Å². The minimum absolute atomic E-state index is 0.0440. The molecule has 1 unspecified atom stereocenters. The van der Waals surface area contributed by atoms with Gasteiger partial charge < -0.3 is 15.7 Å². The zero-order valence-electron chi connectivity index (χ0n) is 10.3. The molecule has 6 heteroatoms. The number of amides is 1. The van der Waals surface area contributed by atoms with Crippen LogP contribution in [0.4, 0.5) is 5.69 Å². The number of halogens is 1. The van der Waals surface area contributed by atoms with Crippen LogP contribution in [0.1, 0.15) is 23.2 Å². The summed E-state index contributed by atoms with van der Waals surface area (Å²) >= 11 is 3.27. The number of rotatable bonds is 4. The van der Waals surface area contributed by atoms with Gasteiger partial charge in [-0.3, -0.25) is 4.79 Å². The van der Waals surface area contributed by atoms with Crippen LogP contribution >= 0.6 is 15.9 Å². The van der Waals surface area contributed by atoms with E-state index in [1.165, 1.54) is 12.1 Å². The summed E-state index contributed by atoms with van der Waals surface area (Å²) in [4.78, 5) is 22.7. The van der Waals surface area contributed by atoms with Crippen molar-refractivity contribution < 1.29 is 14.7 Å². The van der Waals surface area contributed by atoms with Crippen molar-refractivity contribution in [2.24, 2.45) is 5.92 Å². The Kier molecular flexibility index (Phi) is 4.55. The first-order valence-electron chi connectivity index (χ1n) is 6.09. The Hall–Kier alpha value is -1.40. The average molecular weight is 327 g/mol. The second kappa shape index (κ2) is 6.16. The monoisotopic (exact) mass is 326 g/mol. The number of carboxylic acids is 1. The molecule has 3 N–H and O–H groups in total. The van der Waals surface area contributed by atoms with E-state index in [1.807, 2.05) is 0 Å². The van der Waals surface area contributed by atoms with Gasteiger partial charge in [-0.1, -0.05) is 0 Å². The van der Waals surface area contributed by atoms with Crippen molar-refractivity contribution in [1.29, 1.82) is 0 Å². The molecule has 102 valence electrons. The van der Waals surface area contributed by atoms with Gasteiger partial charge in [-0.05, 0) is 59.6 Å². The lowest BCUT2D eigenvalue weighted by atomic mass is 10.0. The van der Waals surface area contributed by atoms with Gasteiger partial charge in [0, 0.05) is 10.9 Å². The fourth-order valence-electron chi connectivity index (χ4n) is 2.10. The van der Waals surface area contributed by atoms with Gasteiger partial charge in [0.2, 0.25) is 5.91 Å². The van der Waals surface area contributed by atoms with Crippen LogP contribution in [-0.2, 0) is 4.79 Å². The number of anilines is 1. The maximum Gasteiger partial charge on any atom is 0.335 e. The van der Waals surface area contributed by atoms with Crippen molar-refractivity contribution in [1.82, 2.24) is 5.32 Å². The SMILES string of the molecule is O=C(CC1CCNC1)Nc1ccc(C(=O)O)cc1Br. The fraction of sp³-hybridized carbons (Fsp3) is 0.385. The minimum atomic E-state index is -0.990. The van der Waals surface area contributed by atoms with Crippen LogP contribution in [0.2, 0.25) is 0 Å². The van der Waals surface area contributed by atoms with Crippen LogP contribution in [0.25, 0.3) is 0 Å². The van der Waals surface area contributed by atoms with E-state index in [-0.39, 0.29) is 11.5 Å². The second-order valence-corrected chi connectivity index (χ2v) is 5.47. The van der Waals surface area contributed by atoms with Gasteiger partial charge in [0.25, 0.3) is 0 Å². The minimum Gasteiger partial charge on any atom is -0.478 e. The molecule has 1 aromatic carbocycles. The lowest BCUT2D eigenvalue weighted by molar-refractivity contribution is -0.116. The molecule has 1 saturated heterocycles. The molecule has 1 aliphatic heterocycles. The number of aromatic carboxylic acids is 1. The molecule has 1 heterocycles. The second-order valence-electron chi connectivity index (χ2n) is 4.61. The quantitative estimate of drug-likeness (QED) is 0.791. The van der Waals surface area contributed by atoms with Crippen LogP contribution in [0, 0.1) is 5.92 Å². The highest BCUT2D eigenvalue weighted by Crippen LogP contribution is 2.24. The van der Waals surface area contributed by atoms with Crippen LogP contribution in [0.5, 0.6) is 0 Å². The number of hydrogen-bond donors (Lipinski definition) is 3. The summed E-state index contributed by atoms with van der Waals surface area (Å²) in [5.41, 5.74) is 0.783. The topological polar surface area (TPSA) is 78.4 Å². The van der Waals surface area contributed by atoms with E-state index in [9.17, 15) is 9.59 Å². The molecular formula is C13H15BrN2O3. The number of nitrogens with one attached hydrogen (secondary N) is 2. The Balaban J connectivity index is 1.98. The molecule has 19 heavy (non-hydrogen) atoms. The summed E-state index contributed by atoms with van der Waals surface area (Å²) in [6.07, 6.45) is 1.51. The molecule has 1 amide bonds. The van der Waals surface area contributed by atoms with Crippen molar-refractivity contribution >= 4 is 33.5 Å². The predicted octanol–water partition coefficient (Wildman–Crippen LogP) is 2.09. The van der Waals surface area contributed by atoms with Crippen molar-refractivity contribution in [3.05, 3.63) is 28.2 Å². The summed E-state index contributed by atoms with van der Waals surface area (Å²) in [5.74, 6) is -0.648. The summed E-state index contributed by atoms with van der Waals surface area (Å²) in [5, 5.41) is 14.9. The summed E-state index contributed by atoms with van der Waals surface area (Å²) < 4.78 is 0.574. The molecule has 0 bridgehead atoms. The van der Waals surface area contributed by atoms with Gasteiger partial charge in [-0.25, -0.2) is 4.79 Å². The molecule has 5 nitrogen and oxygen atoms in total. The number of carboxylic acid groups (broad SMARTS) is 1. The third kappa shape index (κ3) is 3.78. The zero-order chi connectivity index (χ0) is 13.8. The smallest absolute Gasteiger partial charge is 0.335 e. The highest BCUT2D eigenvalue weighted by atomic mass is 79.9. The van der Waals surface area contributed by atoms with Crippen molar-refractivity contribution in [3.63, 3.8) is 0 Å². The van der Waals surface area contributed by atoms with Crippen LogP contribution in [0.15, 0.2) is 22.7 Å². The van der Waals surface area contributed by atoms with Crippen LogP contribution in [0.3, 0.4) is 0 Å². The van der Waals surface area contributed by atoms with Gasteiger partial charge in [-0.2, -0.15) is 0 Å². The van der Waals surface area contributed by atoms with Gasteiger partial charge in [0.05, 0.1) is 11.3 Å². The Labute approximate surface area is 119 Å². The molecular weight excluding hydrogens is 312 g/mol. The maximum atomic E-state index is 11.9. The van der Waals surface area contributed by atoms with Gasteiger partial charge in [-0.15, -0.1) is 0 Å². The molecule has 1 fully saturated rings. The summed E-state index contributed by atoms with van der Waals surface area (Å²) in [6.45, 7) is 1.85. The van der Waals surface area contributed by atoms with Crippen LogP contribution < -0.4 is 10.6 Å². The van der Waals surface area contributed by atoms with Crippen molar-refractivity contribution in [2.75, 3.05) is 18.4 Å². The molecule has 0 aromatic heterocycles. The first-order chi connectivity index (χ1) is 9.06. The lowest BCUT2D eigenvalue weighted by Crippen LogP contribution is -2.18. The molecule has 1 aliphatic rings. The van der Waals surface area contributed by atoms with Crippen molar-refractivity contribution in [2.45, 2.75) is 12.8 Å². The highest BCUT2D eigenvalue weighted by molar-refractivity contribution is 9.10. The van der Waals surface area contributed by atoms with E-state index in [0.717, 1.165) is 19.5 Å². The summed E-state index contributed by atoms with van der Waals surface area (Å²) in [7, 11) is 0. The Bertz CT molecular complexity index is 499. The Morgan fingerprint density at radius 1 is 1.47 bits per heavy atom. The number of carbonyl (C=O) groups excluding carboxylic acids is 1.